The van der Waals surface area contributed by atoms with Gasteiger partial charge in [-0.3, -0.25) is 9.97 Å². The summed E-state index contributed by atoms with van der Waals surface area (Å²) in [4.78, 5) is 11.2. The van der Waals surface area contributed by atoms with Gasteiger partial charge in [0, 0.05) is 43.6 Å². The molecule has 0 aromatic carbocycles. The summed E-state index contributed by atoms with van der Waals surface area (Å²) in [5.41, 5.74) is 3.46. The van der Waals surface area contributed by atoms with Crippen molar-refractivity contribution < 1.29 is 0 Å². The molecule has 5 rings (SSSR count). The van der Waals surface area contributed by atoms with Gasteiger partial charge in [-0.15, -0.1) is 0 Å². The van der Waals surface area contributed by atoms with Crippen LogP contribution in [0.15, 0.2) is 67.4 Å². The first-order valence-corrected chi connectivity index (χ1v) is 11.2. The van der Waals surface area contributed by atoms with E-state index in [4.69, 9.17) is 12.2 Å². The van der Waals surface area contributed by atoms with Crippen LogP contribution < -0.4 is 5.32 Å². The van der Waals surface area contributed by atoms with E-state index in [1.807, 2.05) is 36.8 Å². The zero-order chi connectivity index (χ0) is 20.3. The average molecular weight is 418 g/mol. The SMILES string of the molecule is S=C1N[C@H](c2ccccn2)[C@@H](c2ccn(C3CCCCC3)c2)N1Cc1cccnc1. The highest BCUT2D eigenvalue weighted by molar-refractivity contribution is 7.80. The molecule has 2 aliphatic rings. The highest BCUT2D eigenvalue weighted by atomic mass is 32.1. The van der Waals surface area contributed by atoms with E-state index < -0.39 is 0 Å². The zero-order valence-corrected chi connectivity index (χ0v) is 17.8. The van der Waals surface area contributed by atoms with Crippen LogP contribution in [0.5, 0.6) is 0 Å². The minimum atomic E-state index is 0.0255. The lowest BCUT2D eigenvalue weighted by atomic mass is 9.95. The Labute approximate surface area is 183 Å². The second-order valence-corrected chi connectivity index (χ2v) is 8.69. The van der Waals surface area contributed by atoms with Crippen LogP contribution in [-0.2, 0) is 6.54 Å². The highest BCUT2D eigenvalue weighted by Crippen LogP contribution is 2.40. The van der Waals surface area contributed by atoms with Gasteiger partial charge in [-0.1, -0.05) is 31.4 Å². The molecule has 6 heteroatoms. The van der Waals surface area contributed by atoms with Crippen LogP contribution in [0.3, 0.4) is 0 Å². The van der Waals surface area contributed by atoms with E-state index in [0.29, 0.717) is 6.04 Å². The van der Waals surface area contributed by atoms with E-state index in [1.165, 1.54) is 37.7 Å². The largest absolute Gasteiger partial charge is 0.352 e. The molecule has 1 saturated heterocycles. The molecule has 0 bridgehead atoms. The summed E-state index contributed by atoms with van der Waals surface area (Å²) in [7, 11) is 0. The van der Waals surface area contributed by atoms with Crippen LogP contribution in [0.2, 0.25) is 0 Å². The average Bonchev–Trinajstić information content (AvgIpc) is 3.41. The van der Waals surface area contributed by atoms with Gasteiger partial charge < -0.3 is 14.8 Å². The standard InChI is InChI=1S/C24H27N5S/c30-24-27-22(21-10-4-5-13-26-21)23(29(24)16-18-7-6-12-25-15-18)19-11-14-28(17-19)20-8-2-1-3-9-20/h4-7,10-15,17,20,22-23H,1-3,8-9,16H2,(H,27,30)/t22-,23-/m1/s1. The molecule has 0 spiro atoms. The van der Waals surface area contributed by atoms with Gasteiger partial charge in [0.05, 0.1) is 17.8 Å². The van der Waals surface area contributed by atoms with E-state index >= 15 is 0 Å². The monoisotopic (exact) mass is 417 g/mol. The first-order valence-electron chi connectivity index (χ1n) is 10.8. The fourth-order valence-electron chi connectivity index (χ4n) is 4.84. The lowest BCUT2D eigenvalue weighted by molar-refractivity contribution is 0.308. The van der Waals surface area contributed by atoms with Crippen LogP contribution in [-0.4, -0.2) is 24.5 Å². The summed E-state index contributed by atoms with van der Waals surface area (Å²) in [5, 5.41) is 4.31. The minimum absolute atomic E-state index is 0.0255. The van der Waals surface area contributed by atoms with Gasteiger partial charge in [0.25, 0.3) is 0 Å². The molecule has 4 heterocycles. The molecular weight excluding hydrogens is 390 g/mol. The zero-order valence-electron chi connectivity index (χ0n) is 17.0. The Bertz CT molecular complexity index is 981. The summed E-state index contributed by atoms with van der Waals surface area (Å²) in [6.07, 6.45) is 16.8. The van der Waals surface area contributed by atoms with Gasteiger partial charge >= 0.3 is 0 Å². The Hall–Kier alpha value is -2.73. The first-order chi connectivity index (χ1) is 14.8. The maximum Gasteiger partial charge on any atom is 0.170 e. The predicted octanol–water partition coefficient (Wildman–Crippen LogP) is 4.96. The molecule has 1 N–H and O–H groups in total. The second kappa shape index (κ2) is 8.56. The second-order valence-electron chi connectivity index (χ2n) is 8.30. The van der Waals surface area contributed by atoms with Crippen molar-refractivity contribution in [2.45, 2.75) is 56.8 Å². The van der Waals surface area contributed by atoms with Crippen molar-refractivity contribution in [1.82, 2.24) is 24.8 Å². The molecule has 3 aromatic heterocycles. The molecule has 0 unspecified atom stereocenters. The number of thiocarbonyl (C=S) groups is 1. The Balaban J connectivity index is 1.49. The van der Waals surface area contributed by atoms with Crippen molar-refractivity contribution in [2.24, 2.45) is 0 Å². The normalized spacial score (nSPS) is 22.3. The third-order valence-electron chi connectivity index (χ3n) is 6.35. The molecule has 1 aliphatic heterocycles. The fraction of sp³-hybridized carbons (Fsp3) is 0.375. The van der Waals surface area contributed by atoms with Crippen LogP contribution in [0.25, 0.3) is 0 Å². The van der Waals surface area contributed by atoms with Crippen molar-refractivity contribution in [3.05, 3.63) is 84.2 Å². The maximum absolute atomic E-state index is 5.79. The smallest absolute Gasteiger partial charge is 0.170 e. The van der Waals surface area contributed by atoms with E-state index in [1.54, 1.807) is 0 Å². The van der Waals surface area contributed by atoms with Crippen LogP contribution >= 0.6 is 12.2 Å². The van der Waals surface area contributed by atoms with Crippen LogP contribution in [0.4, 0.5) is 0 Å². The maximum atomic E-state index is 5.79. The molecular formula is C24H27N5S. The number of nitrogens with one attached hydrogen (secondary N) is 1. The number of hydrogen-bond donors (Lipinski definition) is 1. The van der Waals surface area contributed by atoms with E-state index in [9.17, 15) is 0 Å². The Morgan fingerprint density at radius 3 is 2.70 bits per heavy atom. The third-order valence-corrected chi connectivity index (χ3v) is 6.70. The summed E-state index contributed by atoms with van der Waals surface area (Å²) < 4.78 is 2.42. The molecule has 154 valence electrons. The van der Waals surface area contributed by atoms with Crippen molar-refractivity contribution in [3.8, 4) is 0 Å². The topological polar surface area (TPSA) is 46.0 Å². The number of nitrogens with zero attached hydrogens (tertiary/aromatic N) is 4. The number of aromatic nitrogens is 3. The molecule has 3 aromatic rings. The molecule has 30 heavy (non-hydrogen) atoms. The summed E-state index contributed by atoms with van der Waals surface area (Å²) in [5.74, 6) is 0. The molecule has 1 saturated carbocycles. The fourth-order valence-corrected chi connectivity index (χ4v) is 5.14. The lowest BCUT2D eigenvalue weighted by Crippen LogP contribution is -2.29. The van der Waals surface area contributed by atoms with Gasteiger partial charge in [-0.25, -0.2) is 0 Å². The lowest BCUT2D eigenvalue weighted by Gasteiger charge is -2.27. The van der Waals surface area contributed by atoms with Gasteiger partial charge in [-0.05, 0) is 60.5 Å². The number of rotatable bonds is 5. The summed E-state index contributed by atoms with van der Waals surface area (Å²) >= 11 is 5.79. The summed E-state index contributed by atoms with van der Waals surface area (Å²) in [6, 6.07) is 13.2. The predicted molar refractivity (Wildman–Crippen MR) is 122 cm³/mol. The molecule has 2 atom stereocenters. The van der Waals surface area contributed by atoms with E-state index in [2.05, 4.69) is 55.3 Å². The quantitative estimate of drug-likeness (QED) is 0.595. The molecule has 2 fully saturated rings. The first kappa shape index (κ1) is 19.2. The Morgan fingerprint density at radius 2 is 1.93 bits per heavy atom. The van der Waals surface area contributed by atoms with Gasteiger partial charge in [0.15, 0.2) is 5.11 Å². The summed E-state index contributed by atoms with van der Waals surface area (Å²) in [6.45, 7) is 0.724. The van der Waals surface area contributed by atoms with Crippen LogP contribution in [0, 0.1) is 0 Å². The van der Waals surface area contributed by atoms with E-state index in [-0.39, 0.29) is 12.1 Å². The van der Waals surface area contributed by atoms with Gasteiger partial charge in [0.2, 0.25) is 0 Å². The number of pyridine rings is 2. The van der Waals surface area contributed by atoms with Crippen molar-refractivity contribution in [2.75, 3.05) is 0 Å². The highest BCUT2D eigenvalue weighted by Gasteiger charge is 2.40. The molecule has 0 radical (unpaired) electrons. The van der Waals surface area contributed by atoms with Gasteiger partial charge in [0.1, 0.15) is 0 Å². The van der Waals surface area contributed by atoms with Crippen molar-refractivity contribution >= 4 is 17.3 Å². The van der Waals surface area contributed by atoms with Gasteiger partial charge in [-0.2, -0.15) is 0 Å². The minimum Gasteiger partial charge on any atom is -0.352 e. The molecule has 0 amide bonds. The van der Waals surface area contributed by atoms with Crippen molar-refractivity contribution in [1.29, 1.82) is 0 Å². The number of hydrogen-bond acceptors (Lipinski definition) is 3. The molecule has 5 nitrogen and oxygen atoms in total. The van der Waals surface area contributed by atoms with Crippen molar-refractivity contribution in [3.63, 3.8) is 0 Å². The molecule has 1 aliphatic carbocycles. The third kappa shape index (κ3) is 3.84. The van der Waals surface area contributed by atoms with E-state index in [0.717, 1.165) is 22.9 Å². The Morgan fingerprint density at radius 1 is 1.03 bits per heavy atom. The Kier molecular flexibility index (Phi) is 5.49. The van der Waals surface area contributed by atoms with Crippen LogP contribution in [0.1, 0.15) is 67.1 Å².